The van der Waals surface area contributed by atoms with Crippen LogP contribution in [-0.2, 0) is 4.79 Å². The summed E-state index contributed by atoms with van der Waals surface area (Å²) in [6.07, 6.45) is 0.882. The summed E-state index contributed by atoms with van der Waals surface area (Å²) in [7, 11) is 0. The first-order valence-electron chi connectivity index (χ1n) is 1.56. The van der Waals surface area contributed by atoms with Crippen LogP contribution in [0.25, 0.3) is 0 Å². The fraction of sp³-hybridized carbons (Fsp3) is 0. The second-order valence-corrected chi connectivity index (χ2v) is 0.788. The van der Waals surface area contributed by atoms with Gasteiger partial charge in [0.25, 0.3) is 5.91 Å². The van der Waals surface area contributed by atoms with Gasteiger partial charge in [0.2, 0.25) is 0 Å². The zero-order valence-electron chi connectivity index (χ0n) is 3.66. The molecule has 0 aromatic heterocycles. The van der Waals surface area contributed by atoms with Crippen molar-refractivity contribution in [3.05, 3.63) is 0 Å². The van der Waals surface area contributed by atoms with Gasteiger partial charge in [-0.15, -0.1) is 0 Å². The summed E-state index contributed by atoms with van der Waals surface area (Å²) in [5.41, 5.74) is 4.60. The lowest BCUT2D eigenvalue weighted by molar-refractivity contribution is -0.111. The minimum absolute atomic E-state index is 0.618. The molecule has 0 atom stereocenters. The van der Waals surface area contributed by atoms with Crippen LogP contribution in [0.15, 0.2) is 10.2 Å². The monoisotopic (exact) mass is 99.0 g/mol. The highest BCUT2D eigenvalue weighted by Gasteiger charge is 1.77. The van der Waals surface area contributed by atoms with E-state index in [1.165, 1.54) is 0 Å². The Kier molecular flexibility index (Phi) is 2.50. The van der Waals surface area contributed by atoms with Crippen molar-refractivity contribution in [1.29, 1.82) is 0 Å². The molecule has 0 saturated carbocycles. The molecule has 38 valence electrons. The molecule has 0 aliphatic heterocycles. The van der Waals surface area contributed by atoms with Crippen molar-refractivity contribution in [2.24, 2.45) is 15.9 Å². The van der Waals surface area contributed by atoms with E-state index < -0.39 is 5.91 Å². The van der Waals surface area contributed by atoms with E-state index in [4.69, 9.17) is 0 Å². The summed E-state index contributed by atoms with van der Waals surface area (Å²) in [5.74, 6) is -0.618. The lowest BCUT2D eigenvalue weighted by Gasteiger charge is -1.70. The molecule has 0 rings (SSSR count). The maximum Gasteiger partial charge on any atom is 0.261 e. The van der Waals surface area contributed by atoms with Gasteiger partial charge in [-0.05, 0) is 0 Å². The second-order valence-electron chi connectivity index (χ2n) is 0.788. The number of primary amides is 1. The molecule has 0 radical (unpaired) electrons. The number of carbonyl (C=O) groups is 1. The molecule has 0 aromatic carbocycles. The Morgan fingerprint density at radius 2 is 2.43 bits per heavy atom. The van der Waals surface area contributed by atoms with Crippen molar-refractivity contribution in [3.63, 3.8) is 0 Å². The Morgan fingerprint density at radius 3 is 2.57 bits per heavy atom. The van der Waals surface area contributed by atoms with Crippen LogP contribution in [0.5, 0.6) is 0 Å². The van der Waals surface area contributed by atoms with Gasteiger partial charge in [-0.2, -0.15) is 10.2 Å². The summed E-state index contributed by atoms with van der Waals surface area (Å²) in [6, 6.07) is 0. The van der Waals surface area contributed by atoms with E-state index in [-0.39, 0.29) is 0 Å². The second kappa shape index (κ2) is 3.02. The standard InChI is InChI=1S/C3H5N3O/c1-5-6-2-3(4)7/h2H,1H2,(H2,4,7)/b6-2-. The van der Waals surface area contributed by atoms with Crippen LogP contribution in [0.3, 0.4) is 0 Å². The highest BCUT2D eigenvalue weighted by Crippen LogP contribution is 1.58. The van der Waals surface area contributed by atoms with Crippen molar-refractivity contribution in [3.8, 4) is 0 Å². The minimum Gasteiger partial charge on any atom is -0.365 e. The number of hydrogen-bond acceptors (Lipinski definition) is 3. The maximum atomic E-state index is 9.74. The first-order valence-corrected chi connectivity index (χ1v) is 1.56. The highest BCUT2D eigenvalue weighted by atomic mass is 16.1. The van der Waals surface area contributed by atoms with Gasteiger partial charge in [-0.25, -0.2) is 0 Å². The molecule has 2 N–H and O–H groups in total. The van der Waals surface area contributed by atoms with Crippen LogP contribution in [0.4, 0.5) is 0 Å². The molecule has 7 heavy (non-hydrogen) atoms. The molecule has 4 heteroatoms. The van der Waals surface area contributed by atoms with Crippen LogP contribution in [-0.4, -0.2) is 18.8 Å². The van der Waals surface area contributed by atoms with Gasteiger partial charge in [-0.3, -0.25) is 4.79 Å². The molecule has 0 spiro atoms. The number of amides is 1. The highest BCUT2D eigenvalue weighted by molar-refractivity contribution is 6.25. The van der Waals surface area contributed by atoms with E-state index in [1.807, 2.05) is 0 Å². The maximum absolute atomic E-state index is 9.74. The molecule has 0 saturated heterocycles. The lowest BCUT2D eigenvalue weighted by Crippen LogP contribution is -2.10. The first-order chi connectivity index (χ1) is 3.27. The van der Waals surface area contributed by atoms with E-state index in [2.05, 4.69) is 22.7 Å². The Balaban J connectivity index is 3.46. The average Bonchev–Trinajstić information content (AvgIpc) is 1.61. The summed E-state index contributed by atoms with van der Waals surface area (Å²) < 4.78 is 0. The van der Waals surface area contributed by atoms with Crippen LogP contribution < -0.4 is 5.73 Å². The molecule has 0 aromatic rings. The quantitative estimate of drug-likeness (QED) is 0.356. The largest absolute Gasteiger partial charge is 0.365 e. The van der Waals surface area contributed by atoms with Gasteiger partial charge in [0.1, 0.15) is 6.21 Å². The van der Waals surface area contributed by atoms with Gasteiger partial charge in [0, 0.05) is 6.72 Å². The van der Waals surface area contributed by atoms with Gasteiger partial charge in [-0.1, -0.05) is 0 Å². The molecule has 0 aliphatic rings. The predicted octanol–water partition coefficient (Wildman–Crippen LogP) is -0.842. The lowest BCUT2D eigenvalue weighted by atomic mass is 10.7. The van der Waals surface area contributed by atoms with Crippen molar-refractivity contribution >= 4 is 18.8 Å². The third kappa shape index (κ3) is 4.81. The fourth-order valence-electron chi connectivity index (χ4n) is 0.0977. The van der Waals surface area contributed by atoms with Gasteiger partial charge in [0.05, 0.1) is 0 Å². The molecular weight excluding hydrogens is 94.1 g/mol. The smallest absolute Gasteiger partial charge is 0.261 e. The molecular formula is C3H5N3O. The van der Waals surface area contributed by atoms with Crippen molar-refractivity contribution in [2.75, 3.05) is 0 Å². The van der Waals surface area contributed by atoms with Crippen LogP contribution in [0.2, 0.25) is 0 Å². The molecule has 0 bridgehead atoms. The Morgan fingerprint density at radius 1 is 1.86 bits per heavy atom. The zero-order chi connectivity index (χ0) is 5.70. The van der Waals surface area contributed by atoms with Crippen LogP contribution >= 0.6 is 0 Å². The van der Waals surface area contributed by atoms with E-state index in [9.17, 15) is 4.79 Å². The Bertz CT molecular complexity index is 107. The SMILES string of the molecule is C=N/N=C\C(N)=O. The van der Waals surface area contributed by atoms with Crippen molar-refractivity contribution < 1.29 is 4.79 Å². The fourth-order valence-corrected chi connectivity index (χ4v) is 0.0977. The Hall–Kier alpha value is -1.19. The Labute approximate surface area is 40.7 Å². The topological polar surface area (TPSA) is 67.8 Å². The number of nitrogens with zero attached hydrogens (tertiary/aromatic N) is 2. The number of hydrogen-bond donors (Lipinski definition) is 1. The number of rotatable bonds is 2. The minimum atomic E-state index is -0.618. The third-order valence-corrected chi connectivity index (χ3v) is 0.267. The molecule has 1 amide bonds. The van der Waals surface area contributed by atoms with Gasteiger partial charge < -0.3 is 5.73 Å². The van der Waals surface area contributed by atoms with E-state index in [0.717, 1.165) is 6.21 Å². The summed E-state index contributed by atoms with van der Waals surface area (Å²) in [5, 5.41) is 6.08. The van der Waals surface area contributed by atoms with Crippen molar-refractivity contribution in [1.82, 2.24) is 0 Å². The van der Waals surface area contributed by atoms with Crippen LogP contribution in [0, 0.1) is 0 Å². The third-order valence-electron chi connectivity index (χ3n) is 0.267. The average molecular weight is 99.1 g/mol. The molecule has 0 heterocycles. The van der Waals surface area contributed by atoms with Crippen molar-refractivity contribution in [2.45, 2.75) is 0 Å². The summed E-state index contributed by atoms with van der Waals surface area (Å²) in [4.78, 5) is 9.74. The summed E-state index contributed by atoms with van der Waals surface area (Å²) in [6.45, 7) is 2.98. The van der Waals surface area contributed by atoms with E-state index in [0.29, 0.717) is 0 Å². The van der Waals surface area contributed by atoms with E-state index >= 15 is 0 Å². The van der Waals surface area contributed by atoms with Gasteiger partial charge in [0.15, 0.2) is 0 Å². The summed E-state index contributed by atoms with van der Waals surface area (Å²) >= 11 is 0. The first kappa shape index (κ1) is 5.81. The molecule has 0 unspecified atom stereocenters. The van der Waals surface area contributed by atoms with Gasteiger partial charge >= 0.3 is 0 Å². The zero-order valence-corrected chi connectivity index (χ0v) is 3.66. The number of nitrogens with two attached hydrogens (primary N) is 1. The van der Waals surface area contributed by atoms with E-state index in [1.54, 1.807) is 0 Å². The molecule has 0 fully saturated rings. The predicted molar refractivity (Wildman–Crippen MR) is 27.2 cm³/mol. The van der Waals surface area contributed by atoms with Crippen LogP contribution in [0.1, 0.15) is 0 Å². The molecule has 4 nitrogen and oxygen atoms in total. The molecule has 0 aliphatic carbocycles. The number of carbonyl (C=O) groups excluding carboxylic acids is 1. The normalized spacial score (nSPS) is 9.14.